The number of hydrogen-bond donors (Lipinski definition) is 4. The van der Waals surface area contributed by atoms with Gasteiger partial charge in [0.25, 0.3) is 0 Å². The van der Waals surface area contributed by atoms with E-state index in [1.807, 2.05) is 0 Å². The van der Waals surface area contributed by atoms with Gasteiger partial charge < -0.3 is 20.4 Å². The second kappa shape index (κ2) is 7.08. The summed E-state index contributed by atoms with van der Waals surface area (Å²) in [7, 11) is 0. The van der Waals surface area contributed by atoms with Crippen molar-refractivity contribution in [1.29, 1.82) is 0 Å². The number of fused-ring (bicyclic) bond motifs is 5. The lowest BCUT2D eigenvalue weighted by atomic mass is 9.42. The van der Waals surface area contributed by atoms with E-state index < -0.39 is 17.6 Å². The van der Waals surface area contributed by atoms with Gasteiger partial charge in [-0.15, -0.1) is 0 Å². The van der Waals surface area contributed by atoms with Crippen LogP contribution in [0, 0.1) is 39.9 Å². The first kappa shape index (κ1) is 20.8. The maximum atomic E-state index is 10.9. The smallest absolute Gasteiger partial charge is 0.0857 e. The monoisotopic (exact) mass is 392 g/mol. The molecule has 160 valence electrons. The number of rotatable bonds is 4. The highest BCUT2D eigenvalue weighted by Gasteiger charge is 2.68. The highest BCUT2D eigenvalue weighted by Crippen LogP contribution is 2.72. The summed E-state index contributed by atoms with van der Waals surface area (Å²) in [5, 5.41) is 41.4. The average molecular weight is 393 g/mol. The molecule has 0 bridgehead atoms. The molecule has 4 aliphatic carbocycles. The first-order chi connectivity index (χ1) is 13.3. The van der Waals surface area contributed by atoms with E-state index in [0.29, 0.717) is 35.5 Å². The molecule has 0 aromatic carbocycles. The Hall–Kier alpha value is -0.420. The number of aliphatic hydroxyl groups is 4. The number of aliphatic hydroxyl groups excluding tert-OH is 4. The second-order valence-corrected chi connectivity index (χ2v) is 11.0. The fraction of sp³-hybridized carbons (Fsp3) is 0.917. The summed E-state index contributed by atoms with van der Waals surface area (Å²) in [5.74, 6) is 2.30. The molecule has 4 saturated carbocycles. The molecule has 4 heteroatoms. The Labute approximate surface area is 170 Å². The van der Waals surface area contributed by atoms with Crippen molar-refractivity contribution in [3.05, 3.63) is 12.2 Å². The molecule has 0 saturated heterocycles. The SMILES string of the molecule is C=C1C[C@@H]2[C@@H](CC[C@@]3(C)[C@H]2CCC3(C(O)CO)C(O)CO)[C@@]2(C)CCCCC12. The van der Waals surface area contributed by atoms with Crippen LogP contribution in [0.5, 0.6) is 0 Å². The van der Waals surface area contributed by atoms with Gasteiger partial charge in [-0.05, 0) is 79.4 Å². The highest BCUT2D eigenvalue weighted by atomic mass is 16.3. The third kappa shape index (κ3) is 2.50. The first-order valence-corrected chi connectivity index (χ1v) is 11.5. The van der Waals surface area contributed by atoms with Gasteiger partial charge >= 0.3 is 0 Å². The maximum Gasteiger partial charge on any atom is 0.0857 e. The standard InChI is InChI=1S/C24H40O4/c1-15-12-16-18(22(2)9-5-4-6-17(15)22)7-10-23(3)19(16)8-11-24(23,20(27)13-25)21(28)14-26/h16-21,25-28H,1,4-14H2,2-3H3/t16-,17?,18-,19+,20?,21?,22+,23+,24?/m1/s1. The topological polar surface area (TPSA) is 80.9 Å². The van der Waals surface area contributed by atoms with Crippen LogP contribution < -0.4 is 0 Å². The van der Waals surface area contributed by atoms with Crippen LogP contribution in [-0.2, 0) is 0 Å². The number of hydrogen-bond acceptors (Lipinski definition) is 4. The Morgan fingerprint density at radius 1 is 0.929 bits per heavy atom. The van der Waals surface area contributed by atoms with E-state index in [1.165, 1.54) is 31.3 Å². The molecule has 28 heavy (non-hydrogen) atoms. The molecular weight excluding hydrogens is 352 g/mol. The minimum atomic E-state index is -0.994. The van der Waals surface area contributed by atoms with Gasteiger partial charge in [-0.1, -0.05) is 38.8 Å². The highest BCUT2D eigenvalue weighted by molar-refractivity contribution is 5.22. The first-order valence-electron chi connectivity index (χ1n) is 11.5. The van der Waals surface area contributed by atoms with Crippen molar-refractivity contribution in [3.63, 3.8) is 0 Å². The van der Waals surface area contributed by atoms with Crippen LogP contribution in [0.1, 0.15) is 71.6 Å². The second-order valence-electron chi connectivity index (χ2n) is 11.0. The van der Waals surface area contributed by atoms with Gasteiger partial charge in [0.15, 0.2) is 0 Å². The lowest BCUT2D eigenvalue weighted by molar-refractivity contribution is -0.191. The van der Waals surface area contributed by atoms with Crippen LogP contribution in [0.4, 0.5) is 0 Å². The van der Waals surface area contributed by atoms with Crippen molar-refractivity contribution in [2.75, 3.05) is 13.2 Å². The zero-order valence-electron chi connectivity index (χ0n) is 17.7. The average Bonchev–Trinajstić information content (AvgIpc) is 3.01. The Bertz CT molecular complexity index is 608. The third-order valence-electron chi connectivity index (χ3n) is 10.4. The Kier molecular flexibility index (Phi) is 5.27. The molecule has 0 radical (unpaired) electrons. The van der Waals surface area contributed by atoms with Crippen LogP contribution in [0.15, 0.2) is 12.2 Å². The van der Waals surface area contributed by atoms with Crippen LogP contribution in [0.2, 0.25) is 0 Å². The molecule has 0 aromatic rings. The van der Waals surface area contributed by atoms with Crippen LogP contribution in [-0.4, -0.2) is 45.8 Å². The third-order valence-corrected chi connectivity index (χ3v) is 10.4. The Morgan fingerprint density at radius 2 is 1.57 bits per heavy atom. The van der Waals surface area contributed by atoms with Crippen molar-refractivity contribution < 1.29 is 20.4 Å². The maximum absolute atomic E-state index is 10.9. The molecule has 0 amide bonds. The van der Waals surface area contributed by atoms with E-state index >= 15 is 0 Å². The largest absolute Gasteiger partial charge is 0.394 e. The van der Waals surface area contributed by atoms with Crippen LogP contribution in [0.25, 0.3) is 0 Å². The molecule has 4 nitrogen and oxygen atoms in total. The van der Waals surface area contributed by atoms with E-state index in [4.69, 9.17) is 0 Å². The molecule has 4 aliphatic rings. The summed E-state index contributed by atoms with van der Waals surface area (Å²) >= 11 is 0. The predicted octanol–water partition coefficient (Wildman–Crippen LogP) is 3.28. The molecule has 0 aliphatic heterocycles. The van der Waals surface area contributed by atoms with E-state index in [0.717, 1.165) is 25.7 Å². The van der Waals surface area contributed by atoms with Crippen LogP contribution >= 0.6 is 0 Å². The van der Waals surface area contributed by atoms with Gasteiger partial charge in [0, 0.05) is 5.41 Å². The summed E-state index contributed by atoms with van der Waals surface area (Å²) in [6, 6.07) is 0. The van der Waals surface area contributed by atoms with Gasteiger partial charge in [0.05, 0.1) is 25.4 Å². The van der Waals surface area contributed by atoms with Crippen molar-refractivity contribution in [2.45, 2.75) is 83.8 Å². The summed E-state index contributed by atoms with van der Waals surface area (Å²) in [6.07, 6.45) is 8.03. The Morgan fingerprint density at radius 3 is 2.21 bits per heavy atom. The lowest BCUT2D eigenvalue weighted by Crippen LogP contribution is -2.61. The molecule has 4 N–H and O–H groups in total. The molecule has 4 rings (SSSR count). The zero-order chi connectivity index (χ0) is 20.3. The van der Waals surface area contributed by atoms with Crippen molar-refractivity contribution >= 4 is 0 Å². The minimum absolute atomic E-state index is 0.267. The molecule has 0 spiro atoms. The van der Waals surface area contributed by atoms with Gasteiger partial charge in [-0.25, -0.2) is 0 Å². The molecule has 3 unspecified atom stereocenters. The van der Waals surface area contributed by atoms with E-state index in [1.54, 1.807) is 0 Å². The summed E-state index contributed by atoms with van der Waals surface area (Å²) < 4.78 is 0. The fourth-order valence-corrected chi connectivity index (χ4v) is 9.06. The predicted molar refractivity (Wildman–Crippen MR) is 109 cm³/mol. The molecular formula is C24H40O4. The molecule has 4 fully saturated rings. The quantitative estimate of drug-likeness (QED) is 0.554. The summed E-state index contributed by atoms with van der Waals surface area (Å²) in [4.78, 5) is 0. The molecule has 8 atom stereocenters. The summed E-state index contributed by atoms with van der Waals surface area (Å²) in [6.45, 7) is 8.54. The van der Waals surface area contributed by atoms with Crippen molar-refractivity contribution in [3.8, 4) is 0 Å². The molecule has 0 aromatic heterocycles. The number of allylic oxidation sites excluding steroid dienone is 1. The van der Waals surface area contributed by atoms with E-state index in [-0.39, 0.29) is 18.6 Å². The van der Waals surface area contributed by atoms with E-state index in [9.17, 15) is 20.4 Å². The van der Waals surface area contributed by atoms with Gasteiger partial charge in [-0.2, -0.15) is 0 Å². The van der Waals surface area contributed by atoms with E-state index in [2.05, 4.69) is 20.4 Å². The fourth-order valence-electron chi connectivity index (χ4n) is 9.06. The van der Waals surface area contributed by atoms with Crippen molar-refractivity contribution in [1.82, 2.24) is 0 Å². The van der Waals surface area contributed by atoms with Gasteiger partial charge in [0.1, 0.15) is 0 Å². The molecule has 0 heterocycles. The summed E-state index contributed by atoms with van der Waals surface area (Å²) in [5.41, 5.74) is 0.681. The minimum Gasteiger partial charge on any atom is -0.394 e. The van der Waals surface area contributed by atoms with Gasteiger partial charge in [0.2, 0.25) is 0 Å². The Balaban J connectivity index is 1.72. The van der Waals surface area contributed by atoms with Crippen molar-refractivity contribution in [2.24, 2.45) is 39.9 Å². The van der Waals surface area contributed by atoms with Gasteiger partial charge in [-0.3, -0.25) is 0 Å². The van der Waals surface area contributed by atoms with Crippen LogP contribution in [0.3, 0.4) is 0 Å². The lowest BCUT2D eigenvalue weighted by Gasteiger charge is -2.63. The normalized spacial score (nSPS) is 50.4. The zero-order valence-corrected chi connectivity index (χ0v) is 17.7.